The van der Waals surface area contributed by atoms with Crippen molar-refractivity contribution in [3.05, 3.63) is 102 Å². The predicted octanol–water partition coefficient (Wildman–Crippen LogP) is 8.24. The Balaban J connectivity index is 1.26. The summed E-state index contributed by atoms with van der Waals surface area (Å²) in [5.74, 6) is 1.42. The average Bonchev–Trinajstić information content (AvgIpc) is 3.24. The predicted molar refractivity (Wildman–Crippen MR) is 171 cm³/mol. The SMILES string of the molecule is Cc1c(-c2ccc(O)cc2)n(Cc2ccc(OCCN3CCCC(C)(C)C3)cc2)c2ccc(-c3ccc(O)cc3)cc12. The molecule has 0 radical (unpaired) electrons. The fourth-order valence-electron chi connectivity index (χ4n) is 6.41. The summed E-state index contributed by atoms with van der Waals surface area (Å²) in [4.78, 5) is 2.52. The molecule has 0 spiro atoms. The van der Waals surface area contributed by atoms with Crippen molar-refractivity contribution in [1.82, 2.24) is 9.47 Å². The third-order valence-electron chi connectivity index (χ3n) is 8.58. The molecule has 2 N–H and O–H groups in total. The Kier molecular flexibility index (Phi) is 7.70. The number of phenols is 2. The highest BCUT2D eigenvalue weighted by molar-refractivity contribution is 5.94. The number of aryl methyl sites for hydroxylation is 1. The number of benzene rings is 4. The van der Waals surface area contributed by atoms with Crippen LogP contribution in [0.15, 0.2) is 91.0 Å². The van der Waals surface area contributed by atoms with Gasteiger partial charge in [0.25, 0.3) is 0 Å². The lowest BCUT2D eigenvalue weighted by atomic mass is 9.84. The number of nitrogens with zero attached hydrogens (tertiary/aromatic N) is 2. The number of ether oxygens (including phenoxy) is 1. The number of likely N-dealkylation sites (tertiary alicyclic amines) is 1. The van der Waals surface area contributed by atoms with E-state index in [-0.39, 0.29) is 11.5 Å². The first-order valence-electron chi connectivity index (χ1n) is 14.9. The second-order valence-electron chi connectivity index (χ2n) is 12.4. The van der Waals surface area contributed by atoms with Crippen LogP contribution in [0.25, 0.3) is 33.3 Å². The maximum Gasteiger partial charge on any atom is 0.119 e. The van der Waals surface area contributed by atoms with E-state index >= 15 is 0 Å². The van der Waals surface area contributed by atoms with Crippen LogP contribution in [0.2, 0.25) is 0 Å². The summed E-state index contributed by atoms with van der Waals surface area (Å²) in [6, 6.07) is 29.8. The van der Waals surface area contributed by atoms with Gasteiger partial charge >= 0.3 is 0 Å². The molecule has 6 rings (SSSR count). The molecule has 1 aromatic heterocycles. The lowest BCUT2D eigenvalue weighted by molar-refractivity contribution is 0.102. The monoisotopic (exact) mass is 560 g/mol. The minimum Gasteiger partial charge on any atom is -0.508 e. The molecule has 5 aromatic rings. The van der Waals surface area contributed by atoms with Gasteiger partial charge in [-0.2, -0.15) is 0 Å². The third kappa shape index (κ3) is 6.02. The largest absolute Gasteiger partial charge is 0.508 e. The van der Waals surface area contributed by atoms with Crippen molar-refractivity contribution >= 4 is 10.9 Å². The maximum absolute atomic E-state index is 9.94. The number of hydrogen-bond acceptors (Lipinski definition) is 4. The van der Waals surface area contributed by atoms with Crippen LogP contribution in [-0.2, 0) is 6.54 Å². The molecule has 1 aliphatic rings. The van der Waals surface area contributed by atoms with Crippen LogP contribution < -0.4 is 4.74 Å². The van der Waals surface area contributed by atoms with Crippen molar-refractivity contribution in [3.63, 3.8) is 0 Å². The second kappa shape index (κ2) is 11.6. The van der Waals surface area contributed by atoms with Crippen LogP contribution in [0.3, 0.4) is 0 Å². The Hall–Kier alpha value is -4.22. The summed E-state index contributed by atoms with van der Waals surface area (Å²) in [5, 5.41) is 20.9. The highest BCUT2D eigenvalue weighted by atomic mass is 16.5. The number of hydrogen-bond donors (Lipinski definition) is 2. The minimum absolute atomic E-state index is 0.258. The molecule has 42 heavy (non-hydrogen) atoms. The van der Waals surface area contributed by atoms with E-state index in [2.05, 4.69) is 72.7 Å². The minimum atomic E-state index is 0.258. The van der Waals surface area contributed by atoms with Gasteiger partial charge in [0.15, 0.2) is 0 Å². The normalized spacial score (nSPS) is 15.2. The summed E-state index contributed by atoms with van der Waals surface area (Å²) in [6.07, 6.45) is 2.57. The summed E-state index contributed by atoms with van der Waals surface area (Å²) in [5.41, 5.74) is 8.31. The number of piperidine rings is 1. The van der Waals surface area contributed by atoms with E-state index in [1.165, 1.54) is 29.4 Å². The molecule has 0 bridgehead atoms. The number of rotatable bonds is 8. The standard InChI is InChI=1S/C37H40N2O3/c1-26-34-23-30(28-7-12-31(40)13-8-28)11-18-35(34)39(36(26)29-9-14-32(41)15-10-29)24-27-5-16-33(17-6-27)42-22-21-38-20-4-19-37(2,3)25-38/h5-18,23,40-41H,4,19-22,24-25H2,1-3H3. The zero-order chi connectivity index (χ0) is 29.3. The fourth-order valence-corrected chi connectivity index (χ4v) is 6.41. The summed E-state index contributed by atoms with van der Waals surface area (Å²) >= 11 is 0. The summed E-state index contributed by atoms with van der Waals surface area (Å²) in [7, 11) is 0. The van der Waals surface area contributed by atoms with Crippen molar-refractivity contribution in [3.8, 4) is 39.6 Å². The molecule has 0 aliphatic carbocycles. The van der Waals surface area contributed by atoms with Crippen LogP contribution in [0, 0.1) is 12.3 Å². The molecule has 0 atom stereocenters. The van der Waals surface area contributed by atoms with Crippen molar-refractivity contribution in [2.75, 3.05) is 26.2 Å². The smallest absolute Gasteiger partial charge is 0.119 e. The molecule has 5 heteroatoms. The molecule has 0 amide bonds. The Labute approximate surface area is 248 Å². The number of aromatic hydroxyl groups is 2. The highest BCUT2D eigenvalue weighted by Gasteiger charge is 2.26. The molecule has 1 saturated heterocycles. The first-order chi connectivity index (χ1) is 20.3. The van der Waals surface area contributed by atoms with Crippen molar-refractivity contribution in [2.24, 2.45) is 5.41 Å². The molecular weight excluding hydrogens is 520 g/mol. The lowest BCUT2D eigenvalue weighted by Crippen LogP contribution is -2.41. The van der Waals surface area contributed by atoms with E-state index in [1.807, 2.05) is 24.3 Å². The maximum atomic E-state index is 9.94. The van der Waals surface area contributed by atoms with Crippen molar-refractivity contribution in [1.29, 1.82) is 0 Å². The van der Waals surface area contributed by atoms with E-state index in [0.717, 1.165) is 53.3 Å². The molecule has 2 heterocycles. The fraction of sp³-hybridized carbons (Fsp3) is 0.297. The van der Waals surface area contributed by atoms with E-state index in [0.29, 0.717) is 18.6 Å². The van der Waals surface area contributed by atoms with Crippen molar-refractivity contribution < 1.29 is 14.9 Å². The van der Waals surface area contributed by atoms with Gasteiger partial charge in [-0.1, -0.05) is 44.2 Å². The second-order valence-corrected chi connectivity index (χ2v) is 12.4. The number of phenolic OH excluding ortho intramolecular Hbond substituents is 2. The Morgan fingerprint density at radius 3 is 2.10 bits per heavy atom. The molecule has 0 saturated carbocycles. The van der Waals surface area contributed by atoms with Gasteiger partial charge in [-0.05, 0) is 120 Å². The van der Waals surface area contributed by atoms with E-state index < -0.39 is 0 Å². The van der Waals surface area contributed by atoms with Gasteiger partial charge in [-0.3, -0.25) is 4.90 Å². The zero-order valence-electron chi connectivity index (χ0n) is 24.8. The van der Waals surface area contributed by atoms with E-state index in [9.17, 15) is 10.2 Å². The summed E-state index contributed by atoms with van der Waals surface area (Å²) in [6.45, 7) is 11.6. The molecule has 1 aliphatic heterocycles. The van der Waals surface area contributed by atoms with Gasteiger partial charge in [0.1, 0.15) is 23.9 Å². The highest BCUT2D eigenvalue weighted by Crippen LogP contribution is 2.37. The first-order valence-corrected chi connectivity index (χ1v) is 14.9. The Bertz CT molecular complexity index is 1670. The molecule has 0 unspecified atom stereocenters. The third-order valence-corrected chi connectivity index (χ3v) is 8.58. The van der Waals surface area contributed by atoms with Gasteiger partial charge in [0, 0.05) is 30.5 Å². The quantitative estimate of drug-likeness (QED) is 0.201. The van der Waals surface area contributed by atoms with Crippen LogP contribution in [0.4, 0.5) is 0 Å². The van der Waals surface area contributed by atoms with Gasteiger partial charge in [-0.25, -0.2) is 0 Å². The molecule has 5 nitrogen and oxygen atoms in total. The molecule has 4 aromatic carbocycles. The van der Waals surface area contributed by atoms with Gasteiger partial charge in [-0.15, -0.1) is 0 Å². The average molecular weight is 561 g/mol. The zero-order valence-corrected chi connectivity index (χ0v) is 24.8. The Morgan fingerprint density at radius 2 is 1.43 bits per heavy atom. The molecule has 216 valence electrons. The lowest BCUT2D eigenvalue weighted by Gasteiger charge is -2.37. The Morgan fingerprint density at radius 1 is 0.786 bits per heavy atom. The van der Waals surface area contributed by atoms with Gasteiger partial charge in [0.05, 0.1) is 5.69 Å². The molecular formula is C37H40N2O3. The first kappa shape index (κ1) is 27.9. The van der Waals surface area contributed by atoms with Gasteiger partial charge in [0.2, 0.25) is 0 Å². The number of fused-ring (bicyclic) bond motifs is 1. The van der Waals surface area contributed by atoms with Crippen molar-refractivity contribution in [2.45, 2.75) is 40.2 Å². The van der Waals surface area contributed by atoms with Crippen LogP contribution in [-0.4, -0.2) is 45.9 Å². The van der Waals surface area contributed by atoms with E-state index in [1.54, 1.807) is 24.3 Å². The van der Waals surface area contributed by atoms with Crippen LogP contribution in [0.1, 0.15) is 37.8 Å². The van der Waals surface area contributed by atoms with Gasteiger partial charge < -0.3 is 19.5 Å². The molecule has 1 fully saturated rings. The topological polar surface area (TPSA) is 57.9 Å². The summed E-state index contributed by atoms with van der Waals surface area (Å²) < 4.78 is 8.50. The van der Waals surface area contributed by atoms with E-state index in [4.69, 9.17) is 4.74 Å². The van der Waals surface area contributed by atoms with Crippen LogP contribution in [0.5, 0.6) is 17.2 Å². The van der Waals surface area contributed by atoms with Crippen LogP contribution >= 0.6 is 0 Å². The number of aromatic nitrogens is 1.